The molecule has 0 saturated heterocycles. The minimum atomic E-state index is -3.79. The van der Waals surface area contributed by atoms with Crippen molar-refractivity contribution in [1.29, 1.82) is 0 Å². The van der Waals surface area contributed by atoms with Crippen LogP contribution in [0.2, 0.25) is 0 Å². The minimum absolute atomic E-state index is 0.0121. The van der Waals surface area contributed by atoms with Gasteiger partial charge < -0.3 is 10.2 Å². The van der Waals surface area contributed by atoms with Crippen LogP contribution < -0.4 is 15.4 Å². The Balaban J connectivity index is 1.64. The molecule has 1 atom stereocenters. The number of hydrogen-bond acceptors (Lipinski definition) is 3. The number of carbonyl (C=O) groups excluding carboxylic acids is 1. The molecule has 0 radical (unpaired) electrons. The van der Waals surface area contributed by atoms with Crippen LogP contribution in [-0.4, -0.2) is 26.9 Å². The van der Waals surface area contributed by atoms with E-state index in [-0.39, 0.29) is 10.8 Å². The van der Waals surface area contributed by atoms with Gasteiger partial charge in [-0.3, -0.25) is 4.79 Å². The highest BCUT2D eigenvalue weighted by Crippen LogP contribution is 2.18. The summed E-state index contributed by atoms with van der Waals surface area (Å²) in [5.74, 6) is 0.368. The largest absolute Gasteiger partial charge is 0.321 e. The number of amides is 1. The van der Waals surface area contributed by atoms with Gasteiger partial charge in [0.25, 0.3) is 5.91 Å². The molecule has 7 heteroatoms. The Bertz CT molecular complexity index is 936. The predicted molar refractivity (Wildman–Crippen MR) is 110 cm³/mol. The van der Waals surface area contributed by atoms with Gasteiger partial charge in [-0.2, -0.15) is 0 Å². The lowest BCUT2D eigenvalue weighted by molar-refractivity contribution is -0.916. The fraction of sp³-hybridized carbons (Fsp3) is 0.381. The zero-order valence-electron chi connectivity index (χ0n) is 16.3. The number of hydrogen-bond donors (Lipinski definition) is 3. The third-order valence-corrected chi connectivity index (χ3v) is 5.98. The highest BCUT2D eigenvalue weighted by molar-refractivity contribution is 7.89. The number of carbonyl (C=O) groups is 1. The molecule has 0 bridgehead atoms. The molecule has 1 unspecified atom stereocenters. The molecule has 6 nitrogen and oxygen atoms in total. The van der Waals surface area contributed by atoms with Gasteiger partial charge in [0.1, 0.15) is 6.54 Å². The van der Waals surface area contributed by atoms with E-state index in [0.29, 0.717) is 24.2 Å². The number of anilines is 1. The summed E-state index contributed by atoms with van der Waals surface area (Å²) in [7, 11) is -3.79. The highest BCUT2D eigenvalue weighted by Gasteiger charge is 2.34. The molecule has 2 aromatic rings. The van der Waals surface area contributed by atoms with E-state index in [4.69, 9.17) is 5.14 Å². The second-order valence-electron chi connectivity index (χ2n) is 7.80. The van der Waals surface area contributed by atoms with Gasteiger partial charge in [-0.25, -0.2) is 13.6 Å². The second kappa shape index (κ2) is 8.43. The summed E-state index contributed by atoms with van der Waals surface area (Å²) >= 11 is 0. The average molecular weight is 403 g/mol. The highest BCUT2D eigenvalue weighted by atomic mass is 32.2. The molecule has 0 spiro atoms. The Hall–Kier alpha value is -2.22. The van der Waals surface area contributed by atoms with Crippen molar-refractivity contribution in [1.82, 2.24) is 0 Å². The van der Waals surface area contributed by atoms with Gasteiger partial charge >= 0.3 is 0 Å². The Labute approximate surface area is 166 Å². The fourth-order valence-corrected chi connectivity index (χ4v) is 3.85. The standard InChI is InChI=1S/C21H27N3O3S/c1-15(2)17-8-6-16(7-9-17)13-24(19-10-11-19)14-21(25)23-18-4-3-5-20(12-18)28(22,26)27/h3-9,12,15,19H,10-11,13-14H2,1-2H3,(H,23,25)(H2,22,26,27)/p+1. The van der Waals surface area contributed by atoms with E-state index in [1.54, 1.807) is 12.1 Å². The van der Waals surface area contributed by atoms with Gasteiger partial charge in [-0.15, -0.1) is 0 Å². The van der Waals surface area contributed by atoms with Crippen molar-refractivity contribution in [3.05, 3.63) is 59.7 Å². The number of rotatable bonds is 8. The number of quaternary nitrogens is 1. The third-order valence-electron chi connectivity index (χ3n) is 5.07. The molecular formula is C21H28N3O3S+. The molecule has 2 aromatic carbocycles. The zero-order chi connectivity index (χ0) is 20.3. The lowest BCUT2D eigenvalue weighted by Crippen LogP contribution is -3.13. The first-order chi connectivity index (χ1) is 13.2. The first kappa shape index (κ1) is 20.5. The molecule has 0 heterocycles. The Morgan fingerprint density at radius 2 is 1.86 bits per heavy atom. The molecule has 1 fully saturated rings. The van der Waals surface area contributed by atoms with Gasteiger partial charge in [0.15, 0.2) is 6.54 Å². The van der Waals surface area contributed by atoms with Crippen LogP contribution in [0.3, 0.4) is 0 Å². The zero-order valence-corrected chi connectivity index (χ0v) is 17.1. The molecule has 0 aliphatic heterocycles. The van der Waals surface area contributed by atoms with E-state index in [9.17, 15) is 13.2 Å². The van der Waals surface area contributed by atoms with Crippen molar-refractivity contribution in [2.45, 2.75) is 50.1 Å². The van der Waals surface area contributed by atoms with Crippen molar-refractivity contribution in [2.75, 3.05) is 11.9 Å². The van der Waals surface area contributed by atoms with Gasteiger partial charge in [-0.1, -0.05) is 44.2 Å². The van der Waals surface area contributed by atoms with Crippen LogP contribution in [0.4, 0.5) is 5.69 Å². The van der Waals surface area contributed by atoms with E-state index >= 15 is 0 Å². The summed E-state index contributed by atoms with van der Waals surface area (Å²) in [6, 6.07) is 15.1. The Morgan fingerprint density at radius 3 is 2.43 bits per heavy atom. The molecule has 1 amide bonds. The van der Waals surface area contributed by atoms with Crippen LogP contribution in [0, 0.1) is 0 Å². The number of nitrogens with two attached hydrogens (primary N) is 1. The molecule has 1 saturated carbocycles. The van der Waals surface area contributed by atoms with Crippen molar-refractivity contribution >= 4 is 21.6 Å². The molecule has 4 N–H and O–H groups in total. The summed E-state index contributed by atoms with van der Waals surface area (Å²) in [6.07, 6.45) is 2.27. The van der Waals surface area contributed by atoms with E-state index in [1.165, 1.54) is 28.2 Å². The molecular weight excluding hydrogens is 374 g/mol. The number of sulfonamides is 1. The summed E-state index contributed by atoms with van der Waals surface area (Å²) < 4.78 is 23.0. The first-order valence-corrected chi connectivity index (χ1v) is 11.1. The number of benzene rings is 2. The quantitative estimate of drug-likeness (QED) is 0.627. The second-order valence-corrected chi connectivity index (χ2v) is 9.36. The van der Waals surface area contributed by atoms with Crippen molar-refractivity contribution in [3.8, 4) is 0 Å². The lowest BCUT2D eigenvalue weighted by Gasteiger charge is -2.19. The maximum atomic E-state index is 12.5. The lowest BCUT2D eigenvalue weighted by atomic mass is 10.0. The molecule has 28 heavy (non-hydrogen) atoms. The SMILES string of the molecule is CC(C)c1ccc(C[NH+](CC(=O)Nc2cccc(S(N)(=O)=O)c2)C2CC2)cc1. The van der Waals surface area contributed by atoms with Crippen molar-refractivity contribution in [3.63, 3.8) is 0 Å². The predicted octanol–water partition coefficient (Wildman–Crippen LogP) is 1.64. The molecule has 1 aliphatic carbocycles. The van der Waals surface area contributed by atoms with Crippen LogP contribution in [0.5, 0.6) is 0 Å². The molecule has 1 aliphatic rings. The maximum Gasteiger partial charge on any atom is 0.279 e. The van der Waals surface area contributed by atoms with Crippen molar-refractivity contribution < 1.29 is 18.1 Å². The monoisotopic (exact) mass is 402 g/mol. The van der Waals surface area contributed by atoms with E-state index in [0.717, 1.165) is 19.4 Å². The fourth-order valence-electron chi connectivity index (χ4n) is 3.29. The smallest absolute Gasteiger partial charge is 0.279 e. The van der Waals surface area contributed by atoms with E-state index in [2.05, 4.69) is 43.4 Å². The van der Waals surface area contributed by atoms with Gasteiger partial charge in [0.2, 0.25) is 10.0 Å². The average Bonchev–Trinajstić information content (AvgIpc) is 3.46. The Morgan fingerprint density at radius 1 is 1.18 bits per heavy atom. The maximum absolute atomic E-state index is 12.5. The van der Waals surface area contributed by atoms with Gasteiger partial charge in [0.05, 0.1) is 10.9 Å². The molecule has 150 valence electrons. The topological polar surface area (TPSA) is 93.7 Å². The molecule has 3 rings (SSSR count). The third kappa shape index (κ3) is 5.64. The molecule has 0 aromatic heterocycles. The van der Waals surface area contributed by atoms with E-state index in [1.807, 2.05) is 0 Å². The summed E-state index contributed by atoms with van der Waals surface area (Å²) in [5, 5.41) is 7.95. The Kier molecular flexibility index (Phi) is 6.17. The first-order valence-electron chi connectivity index (χ1n) is 9.58. The van der Waals surface area contributed by atoms with Crippen LogP contribution >= 0.6 is 0 Å². The van der Waals surface area contributed by atoms with Crippen LogP contribution in [0.25, 0.3) is 0 Å². The van der Waals surface area contributed by atoms with Crippen LogP contribution in [-0.2, 0) is 21.4 Å². The summed E-state index contributed by atoms with van der Waals surface area (Å²) in [5.41, 5.74) is 2.97. The van der Waals surface area contributed by atoms with Crippen LogP contribution in [0.1, 0.15) is 43.7 Å². The van der Waals surface area contributed by atoms with Crippen LogP contribution in [0.15, 0.2) is 53.4 Å². The number of nitrogens with one attached hydrogen (secondary N) is 2. The summed E-state index contributed by atoms with van der Waals surface area (Å²) in [6.45, 7) is 5.49. The van der Waals surface area contributed by atoms with Crippen molar-refractivity contribution in [2.24, 2.45) is 5.14 Å². The van der Waals surface area contributed by atoms with Gasteiger partial charge in [0, 0.05) is 24.1 Å². The summed E-state index contributed by atoms with van der Waals surface area (Å²) in [4.78, 5) is 13.8. The van der Waals surface area contributed by atoms with E-state index < -0.39 is 10.0 Å². The number of primary sulfonamides is 1. The normalized spacial score (nSPS) is 15.4. The minimum Gasteiger partial charge on any atom is -0.321 e. The van der Waals surface area contributed by atoms with Gasteiger partial charge in [-0.05, 0) is 29.7 Å².